The molecule has 20 heavy (non-hydrogen) atoms. The summed E-state index contributed by atoms with van der Waals surface area (Å²) < 4.78 is 27.6. The van der Waals surface area contributed by atoms with Crippen LogP contribution in [0.3, 0.4) is 0 Å². The molecule has 1 heterocycles. The number of rotatable bonds is 7. The van der Waals surface area contributed by atoms with Gasteiger partial charge in [-0.3, -0.25) is 0 Å². The number of thioether (sulfide) groups is 1. The molecule has 0 saturated heterocycles. The zero-order valence-corrected chi connectivity index (χ0v) is 13.7. The van der Waals surface area contributed by atoms with E-state index in [2.05, 4.69) is 0 Å². The van der Waals surface area contributed by atoms with Gasteiger partial charge >= 0.3 is 5.97 Å². The summed E-state index contributed by atoms with van der Waals surface area (Å²) in [6, 6.07) is 1.05. The molecule has 0 aromatic carbocycles. The number of hydrogen-bond acceptors (Lipinski definition) is 4. The van der Waals surface area contributed by atoms with E-state index in [4.69, 9.17) is 5.11 Å². The Balaban J connectivity index is 3.19. The molecule has 1 atom stereocenters. The van der Waals surface area contributed by atoms with E-state index in [1.165, 1.54) is 28.2 Å². The van der Waals surface area contributed by atoms with Crippen LogP contribution in [0.15, 0.2) is 17.2 Å². The van der Waals surface area contributed by atoms with Gasteiger partial charge in [0.1, 0.15) is 10.6 Å². The third-order valence-corrected chi connectivity index (χ3v) is 5.89. The molecule has 0 bridgehead atoms. The van der Waals surface area contributed by atoms with Crippen molar-refractivity contribution in [2.24, 2.45) is 0 Å². The van der Waals surface area contributed by atoms with E-state index in [9.17, 15) is 13.2 Å². The molecular weight excluding hydrogens is 300 g/mol. The van der Waals surface area contributed by atoms with Gasteiger partial charge in [-0.2, -0.15) is 16.1 Å². The summed E-state index contributed by atoms with van der Waals surface area (Å²) in [5.41, 5.74) is -0.0167. The predicted molar refractivity (Wildman–Crippen MR) is 79.9 cm³/mol. The van der Waals surface area contributed by atoms with Crippen LogP contribution in [0, 0.1) is 0 Å². The van der Waals surface area contributed by atoms with E-state index in [1.54, 1.807) is 18.7 Å². The summed E-state index contributed by atoms with van der Waals surface area (Å²) in [5.74, 6) is -0.455. The minimum absolute atomic E-state index is 0.0167. The maximum atomic E-state index is 12.5. The molecule has 1 aromatic rings. The third kappa shape index (κ3) is 3.36. The van der Waals surface area contributed by atoms with Crippen LogP contribution in [0.1, 0.15) is 24.3 Å². The molecule has 0 saturated carbocycles. The van der Waals surface area contributed by atoms with Crippen LogP contribution < -0.4 is 0 Å². The fourth-order valence-electron chi connectivity index (χ4n) is 1.81. The lowest BCUT2D eigenvalue weighted by Gasteiger charge is -2.23. The lowest BCUT2D eigenvalue weighted by Crippen LogP contribution is -2.36. The van der Waals surface area contributed by atoms with Crippen molar-refractivity contribution in [3.05, 3.63) is 18.0 Å². The average molecular weight is 320 g/mol. The number of hydrogen-bond donors (Lipinski definition) is 1. The number of sulfonamides is 1. The minimum atomic E-state index is -3.67. The zero-order chi connectivity index (χ0) is 15.5. The first kappa shape index (κ1) is 17.1. The summed E-state index contributed by atoms with van der Waals surface area (Å²) in [5, 5.41) is 9.08. The molecule has 0 aliphatic rings. The van der Waals surface area contributed by atoms with Gasteiger partial charge in [-0.05, 0) is 26.2 Å². The highest BCUT2D eigenvalue weighted by atomic mass is 32.2. The van der Waals surface area contributed by atoms with E-state index in [1.807, 2.05) is 13.2 Å². The number of nitrogens with zero attached hydrogens (tertiary/aromatic N) is 2. The van der Waals surface area contributed by atoms with Crippen molar-refractivity contribution in [2.75, 3.05) is 19.1 Å². The molecule has 1 aromatic heterocycles. The molecule has 0 spiro atoms. The maximum absolute atomic E-state index is 12.5. The molecule has 114 valence electrons. The Hall–Kier alpha value is -0.990. The number of carboxylic acids is 1. The topological polar surface area (TPSA) is 79.6 Å². The molecule has 6 nitrogen and oxygen atoms in total. The van der Waals surface area contributed by atoms with Gasteiger partial charge in [0.05, 0.1) is 0 Å². The van der Waals surface area contributed by atoms with Crippen molar-refractivity contribution in [3.8, 4) is 0 Å². The summed E-state index contributed by atoms with van der Waals surface area (Å²) in [7, 11) is -2.16. The molecule has 1 unspecified atom stereocenters. The predicted octanol–water partition coefficient (Wildman–Crippen LogP) is 1.58. The van der Waals surface area contributed by atoms with Gasteiger partial charge in [0.15, 0.2) is 0 Å². The molecular formula is C12H20N2O4S2. The first-order valence-corrected chi connectivity index (χ1v) is 8.99. The minimum Gasteiger partial charge on any atom is -0.477 e. The van der Waals surface area contributed by atoms with Crippen LogP contribution in [0.5, 0.6) is 0 Å². The monoisotopic (exact) mass is 320 g/mol. The van der Waals surface area contributed by atoms with Crippen LogP contribution >= 0.6 is 11.8 Å². The van der Waals surface area contributed by atoms with E-state index < -0.39 is 16.0 Å². The Morgan fingerprint density at radius 2 is 2.15 bits per heavy atom. The van der Waals surface area contributed by atoms with Crippen LogP contribution in [0.25, 0.3) is 0 Å². The molecule has 8 heteroatoms. The maximum Gasteiger partial charge on any atom is 0.352 e. The third-order valence-electron chi connectivity index (χ3n) is 3.14. The van der Waals surface area contributed by atoms with Gasteiger partial charge in [-0.15, -0.1) is 0 Å². The molecule has 1 rings (SSSR count). The standard InChI is InChI=1S/C12H20N2O4S2/c1-5-14-7-10(6-11(14)12(15)16)20(17,18)13(3)9(2)8-19-4/h6-7,9H,5,8H2,1-4H3,(H,15,16). The van der Waals surface area contributed by atoms with Crippen LogP contribution in [-0.2, 0) is 16.6 Å². The summed E-state index contributed by atoms with van der Waals surface area (Å²) >= 11 is 1.56. The van der Waals surface area contributed by atoms with Gasteiger partial charge in [0.2, 0.25) is 10.0 Å². The highest BCUT2D eigenvalue weighted by Crippen LogP contribution is 2.21. The Morgan fingerprint density at radius 1 is 1.55 bits per heavy atom. The smallest absolute Gasteiger partial charge is 0.352 e. The fourth-order valence-corrected chi connectivity index (χ4v) is 4.02. The molecule has 0 amide bonds. The van der Waals surface area contributed by atoms with E-state index in [0.717, 1.165) is 0 Å². The quantitative estimate of drug-likeness (QED) is 0.825. The number of carboxylic acid groups (broad SMARTS) is 1. The Bertz CT molecular complexity index is 580. The lowest BCUT2D eigenvalue weighted by atomic mass is 10.4. The second-order valence-electron chi connectivity index (χ2n) is 4.48. The Morgan fingerprint density at radius 3 is 2.55 bits per heavy atom. The number of aryl methyl sites for hydroxylation is 1. The van der Waals surface area contributed by atoms with E-state index in [-0.39, 0.29) is 16.6 Å². The van der Waals surface area contributed by atoms with E-state index >= 15 is 0 Å². The van der Waals surface area contributed by atoms with Crippen LogP contribution in [0.2, 0.25) is 0 Å². The first-order valence-electron chi connectivity index (χ1n) is 6.16. The highest BCUT2D eigenvalue weighted by Gasteiger charge is 2.28. The average Bonchev–Trinajstić information content (AvgIpc) is 2.82. The fraction of sp³-hybridized carbons (Fsp3) is 0.583. The van der Waals surface area contributed by atoms with Gasteiger partial charge in [-0.1, -0.05) is 0 Å². The summed E-state index contributed by atoms with van der Waals surface area (Å²) in [4.78, 5) is 11.1. The van der Waals surface area contributed by atoms with Crippen molar-refractivity contribution in [1.29, 1.82) is 0 Å². The van der Waals surface area contributed by atoms with Crippen LogP contribution in [-0.4, -0.2) is 53.5 Å². The normalized spacial score (nSPS) is 13.7. The van der Waals surface area contributed by atoms with Crippen molar-refractivity contribution < 1.29 is 18.3 Å². The van der Waals surface area contributed by atoms with Gasteiger partial charge < -0.3 is 9.67 Å². The summed E-state index contributed by atoms with van der Waals surface area (Å²) in [6.07, 6.45) is 3.29. The van der Waals surface area contributed by atoms with E-state index in [0.29, 0.717) is 12.3 Å². The molecule has 0 fully saturated rings. The Kier molecular flexibility index (Phi) is 5.67. The zero-order valence-electron chi connectivity index (χ0n) is 12.0. The van der Waals surface area contributed by atoms with Gasteiger partial charge in [0, 0.05) is 31.6 Å². The number of carbonyl (C=O) groups is 1. The number of aromatic carboxylic acids is 1. The molecule has 0 aliphatic carbocycles. The van der Waals surface area contributed by atoms with Crippen molar-refractivity contribution >= 4 is 27.8 Å². The largest absolute Gasteiger partial charge is 0.477 e. The van der Waals surface area contributed by atoms with Crippen molar-refractivity contribution in [3.63, 3.8) is 0 Å². The van der Waals surface area contributed by atoms with Gasteiger partial charge in [-0.25, -0.2) is 13.2 Å². The molecule has 1 N–H and O–H groups in total. The van der Waals surface area contributed by atoms with Crippen molar-refractivity contribution in [2.45, 2.75) is 31.3 Å². The SMILES string of the molecule is CCn1cc(S(=O)(=O)N(C)C(C)CSC)cc1C(=O)O. The van der Waals surface area contributed by atoms with Gasteiger partial charge in [0.25, 0.3) is 0 Å². The Labute approximate surface area is 123 Å². The second-order valence-corrected chi connectivity index (χ2v) is 7.39. The first-order chi connectivity index (χ1) is 9.25. The van der Waals surface area contributed by atoms with Crippen LogP contribution in [0.4, 0.5) is 0 Å². The highest BCUT2D eigenvalue weighted by molar-refractivity contribution is 7.98. The number of aromatic nitrogens is 1. The van der Waals surface area contributed by atoms with Crippen molar-refractivity contribution in [1.82, 2.24) is 8.87 Å². The molecule has 0 aliphatic heterocycles. The summed E-state index contributed by atoms with van der Waals surface area (Å²) in [6.45, 7) is 3.99. The lowest BCUT2D eigenvalue weighted by molar-refractivity contribution is 0.0685. The molecule has 0 radical (unpaired) electrons. The second kappa shape index (κ2) is 6.64.